The van der Waals surface area contributed by atoms with Crippen molar-refractivity contribution in [2.24, 2.45) is 5.73 Å². The van der Waals surface area contributed by atoms with Crippen LogP contribution in [0.1, 0.15) is 11.4 Å². The number of nitrogens with zero attached hydrogens (tertiary/aromatic N) is 2. The van der Waals surface area contributed by atoms with Crippen LogP contribution in [0.2, 0.25) is 0 Å². The molecule has 4 heteroatoms. The highest BCUT2D eigenvalue weighted by molar-refractivity contribution is 5.84. The Hall–Kier alpha value is -1.68. The molecule has 0 atom stereocenters. The second kappa shape index (κ2) is 4.45. The number of aromatic nitrogens is 2. The largest absolute Gasteiger partial charge is 0.480 e. The Kier molecular flexibility index (Phi) is 3.01. The average Bonchev–Trinajstić information content (AvgIpc) is 2.29. The van der Waals surface area contributed by atoms with E-state index in [0.29, 0.717) is 18.8 Å². The number of methoxy groups -OCH3 is 1. The van der Waals surface area contributed by atoms with Crippen LogP contribution in [0.15, 0.2) is 18.2 Å². The van der Waals surface area contributed by atoms with E-state index in [4.69, 9.17) is 10.5 Å². The molecule has 1 aromatic carbocycles. The highest BCUT2D eigenvalue weighted by atomic mass is 16.5. The fraction of sp³-hybridized carbons (Fsp3) is 0.333. The number of benzene rings is 1. The summed E-state index contributed by atoms with van der Waals surface area (Å²) < 4.78 is 5.28. The quantitative estimate of drug-likeness (QED) is 0.845. The van der Waals surface area contributed by atoms with E-state index in [1.807, 2.05) is 25.1 Å². The number of nitrogens with two attached hydrogens (primary N) is 1. The Bertz CT molecular complexity index is 511. The second-order valence-electron chi connectivity index (χ2n) is 3.71. The smallest absolute Gasteiger partial charge is 0.224 e. The van der Waals surface area contributed by atoms with Gasteiger partial charge in [0.2, 0.25) is 5.88 Å². The Balaban J connectivity index is 2.63. The van der Waals surface area contributed by atoms with Gasteiger partial charge >= 0.3 is 0 Å². The summed E-state index contributed by atoms with van der Waals surface area (Å²) in [7, 11) is 1.62. The summed E-state index contributed by atoms with van der Waals surface area (Å²) in [5.41, 5.74) is 7.57. The molecule has 0 amide bonds. The maximum absolute atomic E-state index is 5.50. The molecule has 0 aliphatic heterocycles. The van der Waals surface area contributed by atoms with Gasteiger partial charge in [-0.1, -0.05) is 11.6 Å². The van der Waals surface area contributed by atoms with Gasteiger partial charge in [-0.3, -0.25) is 0 Å². The molecule has 0 aliphatic rings. The number of fused-ring (bicyclic) bond motifs is 1. The van der Waals surface area contributed by atoms with Gasteiger partial charge < -0.3 is 10.5 Å². The van der Waals surface area contributed by atoms with Gasteiger partial charge in [-0.2, -0.15) is 4.98 Å². The molecule has 0 fully saturated rings. The summed E-state index contributed by atoms with van der Waals surface area (Å²) in [5, 5.41) is 0.947. The third kappa shape index (κ3) is 1.97. The van der Waals surface area contributed by atoms with Crippen LogP contribution in [-0.4, -0.2) is 23.6 Å². The highest BCUT2D eigenvalue weighted by Crippen LogP contribution is 2.23. The van der Waals surface area contributed by atoms with Crippen LogP contribution in [0, 0.1) is 6.92 Å². The summed E-state index contributed by atoms with van der Waals surface area (Å²) in [6.45, 7) is 2.58. The first-order valence-corrected chi connectivity index (χ1v) is 5.26. The van der Waals surface area contributed by atoms with Gasteiger partial charge in [0.05, 0.1) is 18.0 Å². The molecule has 0 aliphatic carbocycles. The van der Waals surface area contributed by atoms with Crippen LogP contribution < -0.4 is 10.5 Å². The molecule has 0 saturated heterocycles. The van der Waals surface area contributed by atoms with Gasteiger partial charge in [0.25, 0.3) is 0 Å². The molecule has 2 aromatic rings. The van der Waals surface area contributed by atoms with Gasteiger partial charge in [0, 0.05) is 6.42 Å². The minimum atomic E-state index is 0.542. The fourth-order valence-corrected chi connectivity index (χ4v) is 1.66. The van der Waals surface area contributed by atoms with Gasteiger partial charge in [-0.25, -0.2) is 4.98 Å². The molecule has 2 rings (SSSR count). The minimum Gasteiger partial charge on any atom is -0.480 e. The van der Waals surface area contributed by atoms with Crippen molar-refractivity contribution in [3.05, 3.63) is 29.6 Å². The van der Waals surface area contributed by atoms with Crippen molar-refractivity contribution in [2.75, 3.05) is 13.7 Å². The van der Waals surface area contributed by atoms with Crippen LogP contribution in [-0.2, 0) is 6.42 Å². The number of rotatable bonds is 3. The van der Waals surface area contributed by atoms with E-state index in [9.17, 15) is 0 Å². The van der Waals surface area contributed by atoms with E-state index in [-0.39, 0.29) is 0 Å². The molecule has 4 nitrogen and oxygen atoms in total. The van der Waals surface area contributed by atoms with Gasteiger partial charge in [0.1, 0.15) is 5.82 Å². The zero-order valence-corrected chi connectivity index (χ0v) is 9.53. The molecule has 0 radical (unpaired) electrons. The van der Waals surface area contributed by atoms with Crippen LogP contribution in [0.3, 0.4) is 0 Å². The Morgan fingerprint density at radius 3 is 2.81 bits per heavy atom. The van der Waals surface area contributed by atoms with E-state index < -0.39 is 0 Å². The predicted molar refractivity (Wildman–Crippen MR) is 63.6 cm³/mol. The van der Waals surface area contributed by atoms with E-state index in [1.165, 1.54) is 5.56 Å². The maximum atomic E-state index is 5.50. The minimum absolute atomic E-state index is 0.542. The molecular formula is C12H15N3O. The first-order chi connectivity index (χ1) is 7.74. The van der Waals surface area contributed by atoms with Crippen LogP contribution in [0.4, 0.5) is 0 Å². The summed E-state index contributed by atoms with van der Waals surface area (Å²) in [6, 6.07) is 6.04. The zero-order chi connectivity index (χ0) is 11.5. The molecule has 84 valence electrons. The molecule has 0 bridgehead atoms. The van der Waals surface area contributed by atoms with Crippen molar-refractivity contribution in [2.45, 2.75) is 13.3 Å². The van der Waals surface area contributed by atoms with Crippen molar-refractivity contribution < 1.29 is 4.74 Å². The molecule has 0 unspecified atom stereocenters. The summed E-state index contributed by atoms with van der Waals surface area (Å²) in [5.74, 6) is 1.35. The first-order valence-electron chi connectivity index (χ1n) is 5.26. The lowest BCUT2D eigenvalue weighted by atomic mass is 10.1. The SMILES string of the molecule is COc1nc(CCN)nc2ccc(C)cc12. The molecule has 16 heavy (non-hydrogen) atoms. The third-order valence-electron chi connectivity index (χ3n) is 2.42. The number of hydrogen-bond donors (Lipinski definition) is 1. The number of ether oxygens (including phenoxy) is 1. The van der Waals surface area contributed by atoms with Crippen LogP contribution in [0.5, 0.6) is 5.88 Å². The monoisotopic (exact) mass is 217 g/mol. The lowest BCUT2D eigenvalue weighted by Gasteiger charge is -2.07. The van der Waals surface area contributed by atoms with Gasteiger partial charge in [-0.15, -0.1) is 0 Å². The predicted octanol–water partition coefficient (Wildman–Crippen LogP) is 1.45. The molecule has 2 N–H and O–H groups in total. The lowest BCUT2D eigenvalue weighted by Crippen LogP contribution is -2.07. The van der Waals surface area contributed by atoms with Crippen LogP contribution >= 0.6 is 0 Å². The molecular weight excluding hydrogens is 202 g/mol. The van der Waals surface area contributed by atoms with Crippen molar-refractivity contribution in [1.29, 1.82) is 0 Å². The summed E-state index contributed by atoms with van der Waals surface area (Å²) >= 11 is 0. The number of hydrogen-bond acceptors (Lipinski definition) is 4. The topological polar surface area (TPSA) is 61.0 Å². The standard InChI is InChI=1S/C12H15N3O/c1-8-3-4-10-9(7-8)12(16-2)15-11(14-10)5-6-13/h3-4,7H,5-6,13H2,1-2H3. The third-order valence-corrected chi connectivity index (χ3v) is 2.42. The Morgan fingerprint density at radius 2 is 2.12 bits per heavy atom. The summed E-state index contributed by atoms with van der Waals surface area (Å²) in [4.78, 5) is 8.78. The van der Waals surface area contributed by atoms with E-state index in [2.05, 4.69) is 9.97 Å². The van der Waals surface area contributed by atoms with Gasteiger partial charge in [0.15, 0.2) is 0 Å². The number of aryl methyl sites for hydroxylation is 1. The van der Waals surface area contributed by atoms with E-state index in [0.717, 1.165) is 16.7 Å². The molecule has 0 spiro atoms. The van der Waals surface area contributed by atoms with Crippen molar-refractivity contribution >= 4 is 10.9 Å². The van der Waals surface area contributed by atoms with Crippen LogP contribution in [0.25, 0.3) is 10.9 Å². The Morgan fingerprint density at radius 1 is 1.31 bits per heavy atom. The van der Waals surface area contributed by atoms with E-state index in [1.54, 1.807) is 7.11 Å². The van der Waals surface area contributed by atoms with E-state index >= 15 is 0 Å². The molecule has 0 saturated carbocycles. The zero-order valence-electron chi connectivity index (χ0n) is 9.53. The lowest BCUT2D eigenvalue weighted by molar-refractivity contribution is 0.400. The summed E-state index contributed by atoms with van der Waals surface area (Å²) in [6.07, 6.45) is 0.667. The van der Waals surface area contributed by atoms with Crippen molar-refractivity contribution in [3.63, 3.8) is 0 Å². The van der Waals surface area contributed by atoms with Gasteiger partial charge in [-0.05, 0) is 25.6 Å². The maximum Gasteiger partial charge on any atom is 0.224 e. The fourth-order valence-electron chi connectivity index (χ4n) is 1.66. The normalized spacial score (nSPS) is 10.7. The molecule has 1 heterocycles. The molecule has 1 aromatic heterocycles. The van der Waals surface area contributed by atoms with Crippen molar-refractivity contribution in [1.82, 2.24) is 9.97 Å². The second-order valence-corrected chi connectivity index (χ2v) is 3.71. The first kappa shape index (κ1) is 10.8. The average molecular weight is 217 g/mol. The highest BCUT2D eigenvalue weighted by Gasteiger charge is 2.07. The van der Waals surface area contributed by atoms with Crippen molar-refractivity contribution in [3.8, 4) is 5.88 Å². The Labute approximate surface area is 94.5 Å².